The molecule has 6 rings (SSSR count). The second-order valence-corrected chi connectivity index (χ2v) is 18.0. The SMILES string of the molecule is CCCCCCCCOc1cccc(OCCCCCCCC)c1-c1cc(/C([NH-])=C/C(=N)C(F)(F)F)nc(-c2cc(C(F)(F)F)n[n-]2)c1.O=CO/C=C/c1cc(-c2cc(/C=C/OC=O)c(F)cn2)nc(-c2cc(/C=C/OC=O)c(F)cn2)c1.[Ru+2]. The number of carbonyl (C=O) groups excluding carboxylic acids is 3. The van der Waals surface area contributed by atoms with Crippen LogP contribution in [0.25, 0.3) is 74.9 Å². The van der Waals surface area contributed by atoms with Gasteiger partial charge in [0.25, 0.3) is 19.4 Å². The minimum absolute atomic E-state index is 0. The number of carbonyl (C=O) groups is 3. The number of unbranched alkanes of at least 4 members (excludes halogenated alkanes) is 10. The normalized spacial score (nSPS) is 11.7. The van der Waals surface area contributed by atoms with E-state index in [-0.39, 0.29) is 95.4 Å². The van der Waals surface area contributed by atoms with Crippen LogP contribution in [-0.2, 0) is 54.2 Å². The Morgan fingerprint density at radius 3 is 1.57 bits per heavy atom. The smallest absolute Gasteiger partial charge is 0.697 e. The minimum Gasteiger partial charge on any atom is -0.697 e. The standard InChI is InChI=1S/C35H43F6N5O2.C24H15F2N3O6.Ru/c1-3-5-7-9-11-13-18-47-29-16-15-17-30(48-19-14-12-10-8-6-4-2)33(29)24-20-26(25(42)22-31(43)34(36,37)38)44-27(21-24)28-23-32(46-45-28)35(39,40)41;25-19-11-27-21(9-17(19)2-5-34-14-31)23-7-16(1-4-33-13-30)8-24(29-23)22-10-18(3-6-35-15-32)20(26)12-28-22;/h15-17,20-23,42-43H,3-14,18-19H2,1-2H3;1-15H;/q-2;;+2/b25-22-,43-31?;4-1+,5-2+,6-3+;. The van der Waals surface area contributed by atoms with E-state index in [4.69, 9.17) is 20.6 Å². The minimum atomic E-state index is -5.01. The van der Waals surface area contributed by atoms with E-state index < -0.39 is 41.1 Å². The molecule has 0 atom stereocenters. The Morgan fingerprint density at radius 2 is 1.11 bits per heavy atom. The molecule has 0 unspecified atom stereocenters. The molecule has 446 valence electrons. The van der Waals surface area contributed by atoms with Crippen molar-refractivity contribution in [1.29, 1.82) is 5.41 Å². The number of pyridine rings is 4. The van der Waals surface area contributed by atoms with Crippen molar-refractivity contribution >= 4 is 49.1 Å². The number of ether oxygens (including phenoxy) is 5. The van der Waals surface area contributed by atoms with E-state index in [2.05, 4.69) is 58.2 Å². The summed E-state index contributed by atoms with van der Waals surface area (Å²) in [4.78, 5) is 47.9. The number of benzene rings is 1. The van der Waals surface area contributed by atoms with Crippen molar-refractivity contribution in [2.45, 2.75) is 103 Å². The zero-order valence-electron chi connectivity index (χ0n) is 45.4. The monoisotopic (exact) mass is 1260 g/mol. The van der Waals surface area contributed by atoms with E-state index in [1.54, 1.807) is 30.3 Å². The second kappa shape index (κ2) is 34.9. The largest absolute Gasteiger partial charge is 2.00 e. The summed E-state index contributed by atoms with van der Waals surface area (Å²) in [5, 5.41) is 14.2. The van der Waals surface area contributed by atoms with Gasteiger partial charge in [0.2, 0.25) is 0 Å². The van der Waals surface area contributed by atoms with Gasteiger partial charge in [-0.2, -0.15) is 26.3 Å². The zero-order chi connectivity index (χ0) is 60.2. The summed E-state index contributed by atoms with van der Waals surface area (Å²) in [5.74, 6) is -0.529. The number of nitrogens with zero attached hydrogens (tertiary/aromatic N) is 6. The summed E-state index contributed by atoms with van der Waals surface area (Å²) < 4.78 is 134. The van der Waals surface area contributed by atoms with Crippen LogP contribution in [0.15, 0.2) is 97.9 Å². The van der Waals surface area contributed by atoms with Gasteiger partial charge in [0, 0.05) is 16.8 Å². The molecular weight excluding hydrogens is 1200 g/mol. The third-order valence-corrected chi connectivity index (χ3v) is 11.9. The maximum atomic E-state index is 14.1. The van der Waals surface area contributed by atoms with Gasteiger partial charge in [0.15, 0.2) is 0 Å². The van der Waals surface area contributed by atoms with Crippen LogP contribution in [0.4, 0.5) is 35.1 Å². The molecule has 0 bridgehead atoms. The van der Waals surface area contributed by atoms with Crippen LogP contribution >= 0.6 is 0 Å². The molecule has 84 heavy (non-hydrogen) atoms. The molecule has 0 saturated heterocycles. The molecule has 0 fully saturated rings. The molecule has 6 aromatic rings. The fourth-order valence-corrected chi connectivity index (χ4v) is 7.76. The Balaban J connectivity index is 0.000000373. The maximum Gasteiger partial charge on any atom is 2.00 e. The van der Waals surface area contributed by atoms with Gasteiger partial charge in [-0.1, -0.05) is 89.8 Å². The van der Waals surface area contributed by atoms with Gasteiger partial charge in [0.1, 0.15) is 34.5 Å². The Kier molecular flexibility index (Phi) is 28.2. The molecule has 0 radical (unpaired) electrons. The Morgan fingerprint density at radius 1 is 0.619 bits per heavy atom. The molecule has 5 aromatic heterocycles. The van der Waals surface area contributed by atoms with Gasteiger partial charge in [0.05, 0.1) is 78.4 Å². The number of rotatable bonds is 31. The van der Waals surface area contributed by atoms with Gasteiger partial charge < -0.3 is 39.6 Å². The van der Waals surface area contributed by atoms with Crippen LogP contribution in [0.5, 0.6) is 11.5 Å². The fourth-order valence-electron chi connectivity index (χ4n) is 7.76. The molecule has 0 spiro atoms. The molecule has 16 nitrogen and oxygen atoms in total. The quantitative estimate of drug-likeness (QED) is 0.00813. The number of nitrogens with one attached hydrogen (secondary N) is 2. The predicted molar refractivity (Wildman–Crippen MR) is 294 cm³/mol. The first-order valence-corrected chi connectivity index (χ1v) is 26.1. The van der Waals surface area contributed by atoms with Crippen LogP contribution in [0.1, 0.15) is 119 Å². The molecule has 1 aromatic carbocycles. The first-order chi connectivity index (χ1) is 39.9. The van der Waals surface area contributed by atoms with Crippen molar-refractivity contribution in [2.24, 2.45) is 0 Å². The van der Waals surface area contributed by atoms with E-state index in [9.17, 15) is 49.5 Å². The molecule has 0 saturated carbocycles. The van der Waals surface area contributed by atoms with Crippen molar-refractivity contribution in [3.63, 3.8) is 0 Å². The van der Waals surface area contributed by atoms with E-state index in [0.29, 0.717) is 48.0 Å². The molecule has 5 heterocycles. The summed E-state index contributed by atoms with van der Waals surface area (Å²) >= 11 is 0. The van der Waals surface area contributed by atoms with E-state index >= 15 is 0 Å². The summed E-state index contributed by atoms with van der Waals surface area (Å²) in [5.41, 5.74) is 6.19. The predicted octanol–water partition coefficient (Wildman–Crippen LogP) is 15.2. The molecule has 25 heteroatoms. The average Bonchev–Trinajstić information content (AvgIpc) is 3.45. The number of halogens is 8. The van der Waals surface area contributed by atoms with Crippen LogP contribution in [0.2, 0.25) is 0 Å². The first kappa shape index (κ1) is 68.0. The van der Waals surface area contributed by atoms with Crippen LogP contribution < -0.4 is 14.6 Å². The summed E-state index contributed by atoms with van der Waals surface area (Å²) in [7, 11) is 0. The number of hydrogen-bond acceptors (Lipinski definition) is 14. The Labute approximate surface area is 491 Å². The van der Waals surface area contributed by atoms with Crippen LogP contribution in [0, 0.1) is 17.0 Å². The zero-order valence-corrected chi connectivity index (χ0v) is 47.2. The van der Waals surface area contributed by atoms with Crippen molar-refractivity contribution < 1.29 is 92.7 Å². The molecule has 0 aliphatic rings. The number of hydrogen-bond donors (Lipinski definition) is 1. The van der Waals surface area contributed by atoms with Crippen LogP contribution in [0.3, 0.4) is 0 Å². The van der Waals surface area contributed by atoms with E-state index in [0.717, 1.165) is 108 Å². The molecule has 0 amide bonds. The number of alkyl halides is 6. The first-order valence-electron chi connectivity index (χ1n) is 26.1. The number of aromatic nitrogens is 6. The summed E-state index contributed by atoms with van der Waals surface area (Å²) in [6.45, 7) is 5.64. The average molecular weight is 1260 g/mol. The van der Waals surface area contributed by atoms with Crippen molar-refractivity contribution in [3.8, 4) is 56.8 Å². The van der Waals surface area contributed by atoms with E-state index in [1.807, 2.05) is 0 Å². The van der Waals surface area contributed by atoms with Crippen molar-refractivity contribution in [1.82, 2.24) is 30.1 Å². The van der Waals surface area contributed by atoms with Gasteiger partial charge in [-0.15, -0.1) is 5.70 Å². The molecule has 2 N–H and O–H groups in total. The molecular formula is C59H58F8N8O8Ru. The Bertz CT molecular complexity index is 3120. The van der Waals surface area contributed by atoms with Gasteiger partial charge >= 0.3 is 31.8 Å². The summed E-state index contributed by atoms with van der Waals surface area (Å²) in [6.07, 6.45) is 12.0. The summed E-state index contributed by atoms with van der Waals surface area (Å²) in [6, 6.07) is 14.5. The molecule has 0 aliphatic carbocycles. The van der Waals surface area contributed by atoms with Crippen molar-refractivity contribution in [2.75, 3.05) is 13.2 Å². The second-order valence-electron chi connectivity index (χ2n) is 18.0. The topological polar surface area (TPSA) is 224 Å². The van der Waals surface area contributed by atoms with E-state index in [1.165, 1.54) is 42.5 Å². The fraction of sp³-hybridized carbons (Fsp3) is 0.305. The van der Waals surface area contributed by atoms with Gasteiger partial charge in [-0.05, 0) is 103 Å². The van der Waals surface area contributed by atoms with Crippen LogP contribution in [-0.4, -0.2) is 69.6 Å². The number of allylic oxidation sites excluding steroid dienone is 1. The van der Waals surface area contributed by atoms with Crippen molar-refractivity contribution in [3.05, 3.63) is 143 Å². The van der Waals surface area contributed by atoms with Gasteiger partial charge in [-0.25, -0.2) is 13.8 Å². The third-order valence-electron chi connectivity index (χ3n) is 11.9. The molecule has 0 aliphatic heterocycles. The van der Waals surface area contributed by atoms with Gasteiger partial charge in [-0.3, -0.25) is 34.7 Å². The third kappa shape index (κ3) is 21.7. The maximum absolute atomic E-state index is 14.1. The Hall–Kier alpha value is -8.47.